The molecule has 0 spiro atoms. The van der Waals surface area contributed by atoms with E-state index in [0.717, 1.165) is 0 Å². The third-order valence-corrected chi connectivity index (χ3v) is 2.07. The van der Waals surface area contributed by atoms with Crippen molar-refractivity contribution in [2.45, 2.75) is 59.3 Å². The van der Waals surface area contributed by atoms with Crippen molar-refractivity contribution in [3.05, 3.63) is 0 Å². The predicted octanol–water partition coefficient (Wildman–Crippen LogP) is 1.32. The maximum atomic E-state index is 10.1. The van der Waals surface area contributed by atoms with Crippen molar-refractivity contribution in [1.29, 1.82) is 0 Å². The van der Waals surface area contributed by atoms with Crippen molar-refractivity contribution in [2.75, 3.05) is 0 Å². The largest absolute Gasteiger partial charge is 0.481 e. The molecule has 25 heavy (non-hydrogen) atoms. The third kappa shape index (κ3) is 52.1. The summed E-state index contributed by atoms with van der Waals surface area (Å²) in [5.41, 5.74) is 0. The zero-order valence-corrected chi connectivity index (χ0v) is 15.7. The molecule has 0 aliphatic carbocycles. The number of hydrogen-bond donors (Lipinski definition) is 3. The van der Waals surface area contributed by atoms with Crippen LogP contribution in [0.15, 0.2) is 0 Å². The summed E-state index contributed by atoms with van der Waals surface area (Å²) >= 11 is 0. The van der Waals surface area contributed by atoms with E-state index >= 15 is 0 Å². The van der Waals surface area contributed by atoms with E-state index in [0.29, 0.717) is 0 Å². The van der Waals surface area contributed by atoms with Crippen LogP contribution < -0.4 is 0 Å². The first-order valence-electron chi connectivity index (χ1n) is 7.02. The number of hydrogen-bond acceptors (Lipinski definition) is 6. The van der Waals surface area contributed by atoms with Gasteiger partial charge in [-0.1, -0.05) is 0 Å². The number of carbonyl (C=O) groups is 6. The van der Waals surface area contributed by atoms with E-state index in [9.17, 15) is 28.8 Å². The van der Waals surface area contributed by atoms with Crippen LogP contribution in [0.4, 0.5) is 0 Å². The van der Waals surface area contributed by atoms with Gasteiger partial charge in [0, 0.05) is 36.6 Å². The molecular weight excluding hydrogens is 376 g/mol. The second-order valence-corrected chi connectivity index (χ2v) is 4.79. The molecule has 0 bridgehead atoms. The fourth-order valence-corrected chi connectivity index (χ4v) is 0.849. The van der Waals surface area contributed by atoms with Crippen LogP contribution in [0.5, 0.6) is 0 Å². The van der Waals surface area contributed by atoms with Crippen molar-refractivity contribution in [3.63, 3.8) is 0 Å². The molecule has 0 saturated carbocycles. The van der Waals surface area contributed by atoms with Crippen LogP contribution in [0.3, 0.4) is 0 Å². The molecule has 0 atom stereocenters. The summed E-state index contributed by atoms with van der Waals surface area (Å²) in [7, 11) is 0. The maximum Gasteiger partial charge on any atom is 0.303 e. The van der Waals surface area contributed by atoms with Crippen LogP contribution >= 0.6 is 0 Å². The van der Waals surface area contributed by atoms with E-state index in [4.69, 9.17) is 15.3 Å². The molecule has 0 aromatic heterocycles. The first kappa shape index (κ1) is 30.8. The van der Waals surface area contributed by atoms with E-state index in [1.54, 1.807) is 0 Å². The Bertz CT molecular complexity index is 349. The van der Waals surface area contributed by atoms with Crippen LogP contribution in [0.2, 0.25) is 0 Å². The Labute approximate surface area is 156 Å². The van der Waals surface area contributed by atoms with Gasteiger partial charge in [0.25, 0.3) is 0 Å². The number of carboxylic acids is 3. The van der Waals surface area contributed by atoms with Gasteiger partial charge in [0.1, 0.15) is 17.3 Å². The van der Waals surface area contributed by atoms with Gasteiger partial charge >= 0.3 is 17.9 Å². The molecule has 9 nitrogen and oxygen atoms in total. The Morgan fingerprint density at radius 1 is 0.480 bits per heavy atom. The number of rotatable bonds is 9. The summed E-state index contributed by atoms with van der Waals surface area (Å²) in [6.07, 6.45) is 0.306. The van der Waals surface area contributed by atoms with E-state index < -0.39 is 17.9 Å². The van der Waals surface area contributed by atoms with Crippen molar-refractivity contribution in [1.82, 2.24) is 0 Å². The average molecular weight is 400 g/mol. The SMILES string of the molecule is CC(=O)CCC(=O)O.CC(=O)CCC(=O)O.CC(=O)CCC(=O)O.[Cr]. The minimum Gasteiger partial charge on any atom is -0.481 e. The minimum atomic E-state index is -0.916. The van der Waals surface area contributed by atoms with Gasteiger partial charge in [-0.25, -0.2) is 0 Å². The zero-order chi connectivity index (χ0) is 19.7. The van der Waals surface area contributed by atoms with Crippen molar-refractivity contribution >= 4 is 35.3 Å². The molecule has 0 aliphatic heterocycles. The van der Waals surface area contributed by atoms with Crippen molar-refractivity contribution in [2.24, 2.45) is 0 Å². The van der Waals surface area contributed by atoms with E-state index in [-0.39, 0.29) is 73.2 Å². The van der Waals surface area contributed by atoms with Crippen LogP contribution in [0.25, 0.3) is 0 Å². The molecule has 0 amide bonds. The van der Waals surface area contributed by atoms with Gasteiger partial charge in [-0.15, -0.1) is 0 Å². The maximum absolute atomic E-state index is 10.1. The van der Waals surface area contributed by atoms with Crippen LogP contribution in [0, 0.1) is 0 Å². The first-order valence-corrected chi connectivity index (χ1v) is 7.02. The Hall–Kier alpha value is -2.05. The number of carbonyl (C=O) groups excluding carboxylic acids is 3. The van der Waals surface area contributed by atoms with Crippen molar-refractivity contribution in [3.8, 4) is 0 Å². The molecule has 0 unspecified atom stereocenters. The van der Waals surface area contributed by atoms with Gasteiger partial charge in [0.2, 0.25) is 0 Å². The van der Waals surface area contributed by atoms with Crippen LogP contribution in [-0.2, 0) is 46.1 Å². The molecule has 0 radical (unpaired) electrons. The molecule has 0 heterocycles. The summed E-state index contributed by atoms with van der Waals surface area (Å²) in [6.45, 7) is 4.13. The normalized spacial score (nSPS) is 8.28. The molecule has 0 aliphatic rings. The Kier molecular flexibility index (Phi) is 24.6. The zero-order valence-electron chi connectivity index (χ0n) is 14.4. The standard InChI is InChI=1S/3C5H8O3.Cr/c3*1-4(6)2-3-5(7)8;/h3*2-3H2,1H3,(H,7,8);. The predicted molar refractivity (Wildman–Crippen MR) is 82.7 cm³/mol. The Morgan fingerprint density at radius 2 is 0.640 bits per heavy atom. The number of Topliss-reactive ketones (excluding diaryl/α,β-unsaturated/α-hetero) is 3. The quantitative estimate of drug-likeness (QED) is 0.518. The number of carboxylic acid groups (broad SMARTS) is 3. The van der Waals surface area contributed by atoms with E-state index in [1.165, 1.54) is 20.8 Å². The summed E-state index contributed by atoms with van der Waals surface area (Å²) in [4.78, 5) is 59.5. The van der Waals surface area contributed by atoms with E-state index in [1.807, 2.05) is 0 Å². The minimum absolute atomic E-state index is 0. The van der Waals surface area contributed by atoms with Crippen LogP contribution in [-0.4, -0.2) is 50.6 Å². The first-order chi connectivity index (χ1) is 10.9. The fraction of sp³-hybridized carbons (Fsp3) is 0.600. The summed E-state index contributed by atoms with van der Waals surface area (Å²) < 4.78 is 0. The van der Waals surface area contributed by atoms with Gasteiger partial charge < -0.3 is 29.7 Å². The molecule has 0 aromatic rings. The Morgan fingerprint density at radius 3 is 0.680 bits per heavy atom. The fourth-order valence-electron chi connectivity index (χ4n) is 0.849. The second-order valence-electron chi connectivity index (χ2n) is 4.79. The molecular formula is C15H24CrO9. The smallest absolute Gasteiger partial charge is 0.303 e. The summed E-state index contributed by atoms with van der Waals surface area (Å²) in [6, 6.07) is 0. The van der Waals surface area contributed by atoms with Gasteiger partial charge in [-0.05, 0) is 20.8 Å². The molecule has 0 fully saturated rings. The monoisotopic (exact) mass is 400 g/mol. The molecule has 0 rings (SSSR count). The average Bonchev–Trinajstić information content (AvgIpc) is 2.42. The molecule has 0 saturated heterocycles. The molecule has 10 heteroatoms. The Balaban J connectivity index is -0.000000130. The topological polar surface area (TPSA) is 163 Å². The number of aliphatic carboxylic acids is 3. The molecule has 144 valence electrons. The van der Waals surface area contributed by atoms with E-state index in [2.05, 4.69) is 0 Å². The molecule has 3 N–H and O–H groups in total. The van der Waals surface area contributed by atoms with Gasteiger partial charge in [0.05, 0.1) is 19.3 Å². The third-order valence-electron chi connectivity index (χ3n) is 2.07. The van der Waals surface area contributed by atoms with Crippen molar-refractivity contribution < 1.29 is 61.4 Å². The number of ketones is 3. The molecule has 0 aromatic carbocycles. The van der Waals surface area contributed by atoms with Crippen LogP contribution in [0.1, 0.15) is 59.3 Å². The second kappa shape index (κ2) is 20.0. The summed E-state index contributed by atoms with van der Waals surface area (Å²) in [5.74, 6) is -2.98. The summed E-state index contributed by atoms with van der Waals surface area (Å²) in [5, 5.41) is 24.0. The van der Waals surface area contributed by atoms with Gasteiger partial charge in [0.15, 0.2) is 0 Å². The van der Waals surface area contributed by atoms with Gasteiger partial charge in [-0.3, -0.25) is 14.4 Å². The van der Waals surface area contributed by atoms with Gasteiger partial charge in [-0.2, -0.15) is 0 Å².